The lowest BCUT2D eigenvalue weighted by atomic mass is 9.89. The number of nitrogens with zero attached hydrogens (tertiary/aromatic N) is 1. The maximum atomic E-state index is 11.6. The van der Waals surface area contributed by atoms with E-state index in [-0.39, 0.29) is 12.5 Å². The molecular weight excluding hydrogens is 240 g/mol. The number of hydrogen-bond acceptors (Lipinski definition) is 3. The Labute approximate surface area is 114 Å². The van der Waals surface area contributed by atoms with Gasteiger partial charge in [0.15, 0.2) is 0 Å². The Morgan fingerprint density at radius 1 is 1.37 bits per heavy atom. The summed E-state index contributed by atoms with van der Waals surface area (Å²) in [5, 5.41) is 0. The van der Waals surface area contributed by atoms with Gasteiger partial charge >= 0.3 is 0 Å². The molecule has 4 heteroatoms. The molecule has 1 fully saturated rings. The third-order valence-corrected chi connectivity index (χ3v) is 3.68. The second kappa shape index (κ2) is 6.57. The van der Waals surface area contributed by atoms with E-state index in [1.54, 1.807) is 0 Å². The molecule has 1 aliphatic rings. The third-order valence-electron chi connectivity index (χ3n) is 3.68. The molecule has 19 heavy (non-hydrogen) atoms. The van der Waals surface area contributed by atoms with Gasteiger partial charge in [-0.1, -0.05) is 18.2 Å². The predicted octanol–water partition coefficient (Wildman–Crippen LogP) is 1.75. The number of rotatable bonds is 4. The Hall–Kier alpha value is -1.55. The summed E-state index contributed by atoms with van der Waals surface area (Å²) in [5.41, 5.74) is 6.67. The van der Waals surface area contributed by atoms with Crippen LogP contribution in [0.3, 0.4) is 0 Å². The highest BCUT2D eigenvalue weighted by Crippen LogP contribution is 2.34. The Kier molecular flexibility index (Phi) is 4.80. The first-order valence-corrected chi connectivity index (χ1v) is 6.95. The van der Waals surface area contributed by atoms with E-state index < -0.39 is 0 Å². The van der Waals surface area contributed by atoms with Crippen molar-refractivity contribution >= 4 is 5.91 Å². The minimum absolute atomic E-state index is 0.0524. The number of amides is 1. The highest BCUT2D eigenvalue weighted by molar-refractivity contribution is 5.78. The van der Waals surface area contributed by atoms with Crippen LogP contribution in [-0.4, -0.2) is 37.0 Å². The summed E-state index contributed by atoms with van der Waals surface area (Å²) < 4.78 is 5.69. The summed E-state index contributed by atoms with van der Waals surface area (Å²) in [5.74, 6) is 1.51. The first kappa shape index (κ1) is 13.9. The van der Waals surface area contributed by atoms with Gasteiger partial charge in [0.2, 0.25) is 5.91 Å². The molecule has 0 radical (unpaired) electrons. The van der Waals surface area contributed by atoms with Gasteiger partial charge in [-0.25, -0.2) is 0 Å². The van der Waals surface area contributed by atoms with Crippen LogP contribution >= 0.6 is 0 Å². The van der Waals surface area contributed by atoms with Crippen LogP contribution in [0.4, 0.5) is 0 Å². The zero-order chi connectivity index (χ0) is 13.7. The van der Waals surface area contributed by atoms with Crippen LogP contribution in [0.15, 0.2) is 24.3 Å². The van der Waals surface area contributed by atoms with E-state index in [2.05, 4.69) is 12.1 Å². The van der Waals surface area contributed by atoms with Crippen LogP contribution in [0, 0.1) is 0 Å². The van der Waals surface area contributed by atoms with Crippen molar-refractivity contribution in [1.29, 1.82) is 0 Å². The Morgan fingerprint density at radius 3 is 2.68 bits per heavy atom. The molecule has 0 saturated carbocycles. The quantitative estimate of drug-likeness (QED) is 0.899. The number of carbonyl (C=O) groups is 1. The van der Waals surface area contributed by atoms with Crippen LogP contribution in [0.2, 0.25) is 0 Å². The Balaban J connectivity index is 2.03. The average molecular weight is 262 g/mol. The van der Waals surface area contributed by atoms with Gasteiger partial charge in [-0.3, -0.25) is 4.79 Å². The van der Waals surface area contributed by atoms with Gasteiger partial charge in [-0.2, -0.15) is 0 Å². The van der Waals surface area contributed by atoms with Crippen molar-refractivity contribution in [2.75, 3.05) is 26.2 Å². The maximum Gasteiger partial charge on any atom is 0.236 e. The molecule has 0 unspecified atom stereocenters. The number of hydrogen-bond donors (Lipinski definition) is 1. The van der Waals surface area contributed by atoms with E-state index in [4.69, 9.17) is 10.5 Å². The number of carbonyl (C=O) groups excluding carboxylic acids is 1. The smallest absolute Gasteiger partial charge is 0.236 e. The molecular formula is C15H22N2O2. The number of piperidine rings is 1. The predicted molar refractivity (Wildman–Crippen MR) is 75.2 cm³/mol. The summed E-state index contributed by atoms with van der Waals surface area (Å²) in [7, 11) is 0. The molecule has 1 heterocycles. The molecule has 0 bridgehead atoms. The van der Waals surface area contributed by atoms with Gasteiger partial charge in [0.1, 0.15) is 5.75 Å². The van der Waals surface area contributed by atoms with Gasteiger partial charge < -0.3 is 15.4 Å². The monoisotopic (exact) mass is 262 g/mol. The van der Waals surface area contributed by atoms with E-state index in [0.717, 1.165) is 31.7 Å². The molecule has 2 rings (SSSR count). The van der Waals surface area contributed by atoms with Crippen LogP contribution in [0.1, 0.15) is 31.2 Å². The SMILES string of the molecule is CCOc1ccccc1C1CCN(C(=O)CN)CC1. The van der Waals surface area contributed by atoms with E-state index in [1.165, 1.54) is 5.56 Å². The molecule has 1 aliphatic heterocycles. The topological polar surface area (TPSA) is 55.6 Å². The lowest BCUT2D eigenvalue weighted by Crippen LogP contribution is -2.41. The van der Waals surface area contributed by atoms with Gasteiger partial charge in [0.05, 0.1) is 13.2 Å². The highest BCUT2D eigenvalue weighted by Gasteiger charge is 2.24. The van der Waals surface area contributed by atoms with E-state index in [9.17, 15) is 4.79 Å². The molecule has 104 valence electrons. The molecule has 0 aliphatic carbocycles. The number of benzene rings is 1. The lowest BCUT2D eigenvalue weighted by molar-refractivity contribution is -0.130. The number of ether oxygens (including phenoxy) is 1. The molecule has 1 saturated heterocycles. The van der Waals surface area contributed by atoms with Crippen molar-refractivity contribution in [3.8, 4) is 5.75 Å². The van der Waals surface area contributed by atoms with Crippen LogP contribution in [0.25, 0.3) is 0 Å². The molecule has 0 aromatic heterocycles. The van der Waals surface area contributed by atoms with Crippen molar-refractivity contribution in [2.24, 2.45) is 5.73 Å². The van der Waals surface area contributed by atoms with Crippen molar-refractivity contribution in [3.63, 3.8) is 0 Å². The lowest BCUT2D eigenvalue weighted by Gasteiger charge is -2.32. The fourth-order valence-corrected chi connectivity index (χ4v) is 2.67. The van der Waals surface area contributed by atoms with Gasteiger partial charge in [-0.05, 0) is 37.3 Å². The van der Waals surface area contributed by atoms with Crippen molar-refractivity contribution in [2.45, 2.75) is 25.7 Å². The molecule has 2 N–H and O–H groups in total. The third kappa shape index (κ3) is 3.26. The van der Waals surface area contributed by atoms with Crippen LogP contribution in [-0.2, 0) is 4.79 Å². The molecule has 0 spiro atoms. The van der Waals surface area contributed by atoms with Crippen molar-refractivity contribution in [3.05, 3.63) is 29.8 Å². The normalized spacial score (nSPS) is 16.4. The summed E-state index contributed by atoms with van der Waals surface area (Å²) >= 11 is 0. The molecule has 0 atom stereocenters. The van der Waals surface area contributed by atoms with Gasteiger partial charge in [0.25, 0.3) is 0 Å². The van der Waals surface area contributed by atoms with Gasteiger partial charge in [0, 0.05) is 13.1 Å². The summed E-state index contributed by atoms with van der Waals surface area (Å²) in [4.78, 5) is 13.4. The fraction of sp³-hybridized carbons (Fsp3) is 0.533. The van der Waals surface area contributed by atoms with E-state index in [0.29, 0.717) is 12.5 Å². The minimum Gasteiger partial charge on any atom is -0.494 e. The van der Waals surface area contributed by atoms with E-state index in [1.807, 2.05) is 24.0 Å². The molecule has 1 aromatic carbocycles. The second-order valence-electron chi connectivity index (χ2n) is 4.83. The Bertz CT molecular complexity index is 426. The number of likely N-dealkylation sites (tertiary alicyclic amines) is 1. The average Bonchev–Trinajstić information content (AvgIpc) is 2.47. The minimum atomic E-state index is 0.0524. The highest BCUT2D eigenvalue weighted by atomic mass is 16.5. The fourth-order valence-electron chi connectivity index (χ4n) is 2.67. The van der Waals surface area contributed by atoms with Crippen LogP contribution < -0.4 is 10.5 Å². The molecule has 1 aromatic rings. The number of nitrogens with two attached hydrogens (primary N) is 1. The van der Waals surface area contributed by atoms with Crippen molar-refractivity contribution in [1.82, 2.24) is 4.90 Å². The number of para-hydroxylation sites is 1. The van der Waals surface area contributed by atoms with Crippen LogP contribution in [0.5, 0.6) is 5.75 Å². The maximum absolute atomic E-state index is 11.6. The molecule has 1 amide bonds. The Morgan fingerprint density at radius 2 is 2.05 bits per heavy atom. The first-order valence-electron chi connectivity index (χ1n) is 6.95. The van der Waals surface area contributed by atoms with Gasteiger partial charge in [-0.15, -0.1) is 0 Å². The largest absolute Gasteiger partial charge is 0.494 e. The molecule has 4 nitrogen and oxygen atoms in total. The summed E-state index contributed by atoms with van der Waals surface area (Å²) in [6, 6.07) is 8.21. The van der Waals surface area contributed by atoms with Crippen molar-refractivity contribution < 1.29 is 9.53 Å². The zero-order valence-electron chi connectivity index (χ0n) is 11.5. The first-order chi connectivity index (χ1) is 9.26. The van der Waals surface area contributed by atoms with E-state index >= 15 is 0 Å². The summed E-state index contributed by atoms with van der Waals surface area (Å²) in [6.45, 7) is 4.38. The summed E-state index contributed by atoms with van der Waals surface area (Å²) in [6.07, 6.45) is 1.96. The zero-order valence-corrected chi connectivity index (χ0v) is 11.5. The standard InChI is InChI=1S/C15H22N2O2/c1-2-19-14-6-4-3-5-13(14)12-7-9-17(10-8-12)15(18)11-16/h3-6,12H,2,7-11,16H2,1H3. The second-order valence-corrected chi connectivity index (χ2v) is 4.83.